The average Bonchev–Trinajstić information content (AvgIpc) is 2.36. The van der Waals surface area contributed by atoms with Gasteiger partial charge >= 0.3 is 0 Å². The van der Waals surface area contributed by atoms with Gasteiger partial charge in [0, 0.05) is 12.6 Å². The largest absolute Gasteiger partial charge is 0.497 e. The van der Waals surface area contributed by atoms with Gasteiger partial charge in [-0.25, -0.2) is 13.1 Å². The molecular weight excluding hydrogens is 268 g/mol. The van der Waals surface area contributed by atoms with Gasteiger partial charge in [0.1, 0.15) is 10.6 Å². The van der Waals surface area contributed by atoms with Gasteiger partial charge < -0.3 is 15.6 Å². The summed E-state index contributed by atoms with van der Waals surface area (Å²) < 4.78 is 31.3. The standard InChI is InChI=1S/C12H20N2O4S/c1-3-4-9(15)8-14-19(16,17)12-6-5-10(18-2)7-11(12)13/h5-7,9,14-15H,3-4,8,13H2,1-2H3. The summed E-state index contributed by atoms with van der Waals surface area (Å²) in [6.45, 7) is 1.89. The molecule has 1 rings (SSSR count). The van der Waals surface area contributed by atoms with Crippen LogP contribution in [0.25, 0.3) is 0 Å². The van der Waals surface area contributed by atoms with Crippen molar-refractivity contribution in [2.45, 2.75) is 30.8 Å². The second kappa shape index (κ2) is 6.74. The molecule has 19 heavy (non-hydrogen) atoms. The maximum atomic E-state index is 12.0. The number of aliphatic hydroxyl groups is 1. The quantitative estimate of drug-likeness (QED) is 0.642. The molecule has 1 aromatic carbocycles. The normalized spacial score (nSPS) is 13.2. The van der Waals surface area contributed by atoms with Crippen LogP contribution in [0.3, 0.4) is 0 Å². The molecule has 0 aliphatic carbocycles. The topological polar surface area (TPSA) is 102 Å². The smallest absolute Gasteiger partial charge is 0.242 e. The first-order valence-electron chi connectivity index (χ1n) is 6.02. The molecule has 108 valence electrons. The van der Waals surface area contributed by atoms with Crippen LogP contribution in [0.5, 0.6) is 5.75 Å². The van der Waals surface area contributed by atoms with Crippen molar-refractivity contribution in [3.05, 3.63) is 18.2 Å². The highest BCUT2D eigenvalue weighted by Crippen LogP contribution is 2.23. The van der Waals surface area contributed by atoms with Gasteiger partial charge in [0.2, 0.25) is 10.0 Å². The fourth-order valence-electron chi connectivity index (χ4n) is 1.62. The van der Waals surface area contributed by atoms with Crippen molar-refractivity contribution in [3.63, 3.8) is 0 Å². The minimum Gasteiger partial charge on any atom is -0.497 e. The highest BCUT2D eigenvalue weighted by atomic mass is 32.2. The molecule has 0 saturated heterocycles. The highest BCUT2D eigenvalue weighted by molar-refractivity contribution is 7.89. The van der Waals surface area contributed by atoms with Crippen LogP contribution >= 0.6 is 0 Å². The molecule has 1 atom stereocenters. The monoisotopic (exact) mass is 288 g/mol. The van der Waals surface area contributed by atoms with E-state index in [4.69, 9.17) is 10.5 Å². The van der Waals surface area contributed by atoms with E-state index in [0.29, 0.717) is 12.2 Å². The van der Waals surface area contributed by atoms with Crippen LogP contribution in [0, 0.1) is 0 Å². The predicted molar refractivity (Wildman–Crippen MR) is 73.5 cm³/mol. The number of nitrogen functional groups attached to an aromatic ring is 1. The zero-order valence-corrected chi connectivity index (χ0v) is 11.9. The molecule has 7 heteroatoms. The van der Waals surface area contributed by atoms with Crippen molar-refractivity contribution in [1.82, 2.24) is 4.72 Å². The van der Waals surface area contributed by atoms with E-state index in [0.717, 1.165) is 6.42 Å². The van der Waals surface area contributed by atoms with E-state index in [1.54, 1.807) is 0 Å². The maximum absolute atomic E-state index is 12.0. The van der Waals surface area contributed by atoms with Crippen molar-refractivity contribution in [3.8, 4) is 5.75 Å². The summed E-state index contributed by atoms with van der Waals surface area (Å²) in [5.74, 6) is 0.488. The number of ether oxygens (including phenoxy) is 1. The average molecular weight is 288 g/mol. The summed E-state index contributed by atoms with van der Waals surface area (Å²) in [5.41, 5.74) is 5.79. The molecule has 0 amide bonds. The van der Waals surface area contributed by atoms with Crippen LogP contribution in [-0.2, 0) is 10.0 Å². The number of nitrogens with two attached hydrogens (primary N) is 1. The lowest BCUT2D eigenvalue weighted by Gasteiger charge is -2.13. The first-order valence-corrected chi connectivity index (χ1v) is 7.50. The fourth-order valence-corrected chi connectivity index (χ4v) is 2.80. The molecule has 4 N–H and O–H groups in total. The van der Waals surface area contributed by atoms with Crippen LogP contribution in [0.4, 0.5) is 5.69 Å². The lowest BCUT2D eigenvalue weighted by atomic mass is 10.2. The summed E-state index contributed by atoms with van der Waals surface area (Å²) in [5, 5.41) is 9.53. The predicted octanol–water partition coefficient (Wildman–Crippen LogP) is 0.717. The van der Waals surface area contributed by atoms with E-state index in [9.17, 15) is 13.5 Å². The first-order chi connectivity index (χ1) is 8.90. The second-order valence-electron chi connectivity index (χ2n) is 4.20. The number of methoxy groups -OCH3 is 1. The molecule has 0 bridgehead atoms. The van der Waals surface area contributed by atoms with E-state index in [2.05, 4.69) is 4.72 Å². The Balaban J connectivity index is 2.83. The zero-order chi connectivity index (χ0) is 14.5. The maximum Gasteiger partial charge on any atom is 0.242 e. The van der Waals surface area contributed by atoms with E-state index in [1.165, 1.54) is 25.3 Å². The van der Waals surface area contributed by atoms with Crippen LogP contribution in [0.15, 0.2) is 23.1 Å². The molecule has 0 radical (unpaired) electrons. The molecule has 0 spiro atoms. The summed E-state index contributed by atoms with van der Waals surface area (Å²) >= 11 is 0. The third kappa shape index (κ3) is 4.38. The number of hydrogen-bond acceptors (Lipinski definition) is 5. The van der Waals surface area contributed by atoms with E-state index in [1.807, 2.05) is 6.92 Å². The Labute approximate surface area is 113 Å². The molecule has 1 unspecified atom stereocenters. The lowest BCUT2D eigenvalue weighted by Crippen LogP contribution is -2.32. The Hall–Kier alpha value is -1.31. The lowest BCUT2D eigenvalue weighted by molar-refractivity contribution is 0.167. The number of sulfonamides is 1. The minimum absolute atomic E-state index is 0.0167. The third-order valence-corrected chi connectivity index (χ3v) is 4.13. The number of nitrogens with one attached hydrogen (secondary N) is 1. The van der Waals surface area contributed by atoms with Gasteiger partial charge in [-0.15, -0.1) is 0 Å². The molecular formula is C12H20N2O4S. The molecule has 0 fully saturated rings. The highest BCUT2D eigenvalue weighted by Gasteiger charge is 2.18. The third-order valence-electron chi connectivity index (χ3n) is 2.64. The van der Waals surface area contributed by atoms with Crippen LogP contribution in [-0.4, -0.2) is 33.3 Å². The van der Waals surface area contributed by atoms with E-state index < -0.39 is 16.1 Å². The summed E-state index contributed by atoms with van der Waals surface area (Å²) in [6, 6.07) is 4.34. The van der Waals surface area contributed by atoms with Crippen molar-refractivity contribution >= 4 is 15.7 Å². The number of aliphatic hydroxyl groups excluding tert-OH is 1. The van der Waals surface area contributed by atoms with Gasteiger partial charge in [-0.05, 0) is 18.6 Å². The van der Waals surface area contributed by atoms with Crippen LogP contribution < -0.4 is 15.2 Å². The van der Waals surface area contributed by atoms with Gasteiger partial charge in [0.05, 0.1) is 18.9 Å². The molecule has 0 aromatic heterocycles. The number of hydrogen-bond donors (Lipinski definition) is 3. The van der Waals surface area contributed by atoms with Gasteiger partial charge in [-0.3, -0.25) is 0 Å². The number of rotatable bonds is 7. The Morgan fingerprint density at radius 2 is 2.16 bits per heavy atom. The minimum atomic E-state index is -3.72. The molecule has 6 nitrogen and oxygen atoms in total. The van der Waals surface area contributed by atoms with Gasteiger partial charge in [0.25, 0.3) is 0 Å². The summed E-state index contributed by atoms with van der Waals surface area (Å²) in [7, 11) is -2.25. The van der Waals surface area contributed by atoms with Crippen LogP contribution in [0.2, 0.25) is 0 Å². The van der Waals surface area contributed by atoms with Crippen molar-refractivity contribution in [2.24, 2.45) is 0 Å². The van der Waals surface area contributed by atoms with E-state index >= 15 is 0 Å². The van der Waals surface area contributed by atoms with Crippen molar-refractivity contribution in [1.29, 1.82) is 0 Å². The molecule has 0 heterocycles. The molecule has 0 aliphatic rings. The Morgan fingerprint density at radius 3 is 2.68 bits per heavy atom. The zero-order valence-electron chi connectivity index (χ0n) is 11.1. The fraction of sp³-hybridized carbons (Fsp3) is 0.500. The number of benzene rings is 1. The molecule has 0 aliphatic heterocycles. The molecule has 1 aromatic rings. The van der Waals surface area contributed by atoms with Gasteiger partial charge in [-0.1, -0.05) is 13.3 Å². The Morgan fingerprint density at radius 1 is 1.47 bits per heavy atom. The SMILES string of the molecule is CCCC(O)CNS(=O)(=O)c1ccc(OC)cc1N. The summed E-state index contributed by atoms with van der Waals surface area (Å²) in [6.07, 6.45) is 0.632. The Kier molecular flexibility index (Phi) is 5.59. The van der Waals surface area contributed by atoms with E-state index in [-0.39, 0.29) is 17.1 Å². The van der Waals surface area contributed by atoms with Crippen molar-refractivity contribution in [2.75, 3.05) is 19.4 Å². The summed E-state index contributed by atoms with van der Waals surface area (Å²) in [4.78, 5) is -0.0167. The number of anilines is 1. The van der Waals surface area contributed by atoms with Crippen molar-refractivity contribution < 1.29 is 18.3 Å². The Bertz CT molecular complexity index is 516. The van der Waals surface area contributed by atoms with Crippen LogP contribution in [0.1, 0.15) is 19.8 Å². The molecule has 0 saturated carbocycles. The second-order valence-corrected chi connectivity index (χ2v) is 5.93. The van der Waals surface area contributed by atoms with Gasteiger partial charge in [-0.2, -0.15) is 0 Å². The first kappa shape index (κ1) is 15.7. The van der Waals surface area contributed by atoms with Gasteiger partial charge in [0.15, 0.2) is 0 Å².